The van der Waals surface area contributed by atoms with Crippen LogP contribution >= 0.6 is 0 Å². The van der Waals surface area contributed by atoms with Gasteiger partial charge in [-0.05, 0) is 31.0 Å². The maximum absolute atomic E-state index is 11.5. The minimum Gasteiger partial charge on any atom is -0.382 e. The Morgan fingerprint density at radius 3 is 2.50 bits per heavy atom. The molecule has 1 fully saturated rings. The van der Waals surface area contributed by atoms with Gasteiger partial charge in [-0.25, -0.2) is 8.42 Å². The molecular weight excluding hydrogens is 276 g/mol. The number of rotatable bonds is 3. The maximum atomic E-state index is 11.5. The fourth-order valence-corrected chi connectivity index (χ4v) is 3.06. The predicted molar refractivity (Wildman–Crippen MR) is 78.5 cm³/mol. The monoisotopic (exact) mass is 296 g/mol. The molecule has 2 rings (SSSR count). The Bertz CT molecular complexity index is 590. The fraction of sp³-hybridized carbons (Fsp3) is 0.500. The third kappa shape index (κ3) is 3.72. The number of anilines is 1. The highest BCUT2D eigenvalue weighted by Crippen LogP contribution is 2.19. The lowest BCUT2D eigenvalue weighted by Gasteiger charge is -2.32. The van der Waals surface area contributed by atoms with Gasteiger partial charge >= 0.3 is 0 Å². The van der Waals surface area contributed by atoms with E-state index in [-0.39, 0.29) is 11.9 Å². The summed E-state index contributed by atoms with van der Waals surface area (Å²) in [5.41, 5.74) is 0.814. The van der Waals surface area contributed by atoms with Crippen LogP contribution in [0.4, 0.5) is 5.69 Å². The molecule has 0 saturated carbocycles. The Hall–Kier alpha value is -1.56. The van der Waals surface area contributed by atoms with E-state index in [1.807, 2.05) is 11.0 Å². The summed E-state index contributed by atoms with van der Waals surface area (Å²) in [5.74, 6) is 0.113. The zero-order valence-corrected chi connectivity index (χ0v) is 12.6. The lowest BCUT2D eigenvalue weighted by Crippen LogP contribution is -2.41. The molecule has 1 aliphatic rings. The van der Waals surface area contributed by atoms with E-state index >= 15 is 0 Å². The van der Waals surface area contributed by atoms with Gasteiger partial charge in [0.15, 0.2) is 9.84 Å². The Labute approximate surface area is 119 Å². The molecule has 1 heterocycles. The number of carbonyl (C=O) groups excluding carboxylic acids is 1. The molecule has 20 heavy (non-hydrogen) atoms. The molecule has 0 spiro atoms. The lowest BCUT2D eigenvalue weighted by atomic mass is 10.0. The lowest BCUT2D eigenvalue weighted by molar-refractivity contribution is -0.129. The first-order valence-corrected chi connectivity index (χ1v) is 8.57. The van der Waals surface area contributed by atoms with Crippen molar-refractivity contribution in [3.63, 3.8) is 0 Å². The second kappa shape index (κ2) is 5.83. The summed E-state index contributed by atoms with van der Waals surface area (Å²) in [7, 11) is -3.18. The van der Waals surface area contributed by atoms with Gasteiger partial charge < -0.3 is 10.2 Å². The van der Waals surface area contributed by atoms with Crippen LogP contribution < -0.4 is 5.32 Å². The van der Waals surface area contributed by atoms with E-state index in [4.69, 9.17) is 0 Å². The number of nitrogens with zero attached hydrogens (tertiary/aromatic N) is 1. The Balaban J connectivity index is 2.00. The van der Waals surface area contributed by atoms with E-state index in [9.17, 15) is 13.2 Å². The summed E-state index contributed by atoms with van der Waals surface area (Å²) >= 11 is 0. The van der Waals surface area contributed by atoms with Gasteiger partial charge in [0.1, 0.15) is 0 Å². The van der Waals surface area contributed by atoms with E-state index in [1.54, 1.807) is 25.1 Å². The summed E-state index contributed by atoms with van der Waals surface area (Å²) in [5, 5.41) is 3.35. The van der Waals surface area contributed by atoms with Crippen molar-refractivity contribution in [2.75, 3.05) is 24.7 Å². The van der Waals surface area contributed by atoms with Gasteiger partial charge in [-0.3, -0.25) is 4.79 Å². The van der Waals surface area contributed by atoms with Crippen molar-refractivity contribution in [2.45, 2.75) is 30.7 Å². The summed E-state index contributed by atoms with van der Waals surface area (Å²) in [6.07, 6.45) is 2.96. The predicted octanol–water partition coefficient (Wildman–Crippen LogP) is 1.51. The van der Waals surface area contributed by atoms with Crippen molar-refractivity contribution in [1.29, 1.82) is 0 Å². The Morgan fingerprint density at radius 1 is 1.30 bits per heavy atom. The summed E-state index contributed by atoms with van der Waals surface area (Å²) in [4.78, 5) is 13.4. The number of likely N-dealkylation sites (tertiary alicyclic amines) is 1. The van der Waals surface area contributed by atoms with Crippen LogP contribution in [0.5, 0.6) is 0 Å². The largest absolute Gasteiger partial charge is 0.382 e. The molecule has 1 aliphatic heterocycles. The number of benzene rings is 1. The number of carbonyl (C=O) groups is 1. The van der Waals surface area contributed by atoms with Crippen LogP contribution in [0, 0.1) is 0 Å². The summed E-state index contributed by atoms with van der Waals surface area (Å²) in [6.45, 7) is 3.08. The number of hydrogen-bond acceptors (Lipinski definition) is 4. The van der Waals surface area contributed by atoms with Crippen LogP contribution in [0.1, 0.15) is 19.8 Å². The average molecular weight is 296 g/mol. The molecule has 1 saturated heterocycles. The van der Waals surface area contributed by atoms with E-state index in [0.717, 1.165) is 31.6 Å². The second-order valence-electron chi connectivity index (χ2n) is 5.22. The molecule has 5 nitrogen and oxygen atoms in total. The van der Waals surface area contributed by atoms with Crippen LogP contribution in [0.15, 0.2) is 29.2 Å². The van der Waals surface area contributed by atoms with Crippen LogP contribution in [-0.4, -0.2) is 44.6 Å². The minimum absolute atomic E-state index is 0.113. The van der Waals surface area contributed by atoms with Crippen molar-refractivity contribution in [1.82, 2.24) is 4.90 Å². The van der Waals surface area contributed by atoms with Crippen LogP contribution in [-0.2, 0) is 14.6 Å². The number of sulfone groups is 1. The molecule has 0 unspecified atom stereocenters. The van der Waals surface area contributed by atoms with Crippen molar-refractivity contribution in [2.24, 2.45) is 0 Å². The third-order valence-electron chi connectivity index (χ3n) is 3.57. The first-order chi connectivity index (χ1) is 9.36. The highest BCUT2D eigenvalue weighted by atomic mass is 32.2. The van der Waals surface area contributed by atoms with Gasteiger partial charge in [0.2, 0.25) is 5.91 Å². The van der Waals surface area contributed by atoms with Crippen molar-refractivity contribution < 1.29 is 13.2 Å². The standard InChI is InChI=1S/C14H20N2O3S/c1-11(17)16-8-6-12(7-9-16)15-13-4-3-5-14(10-13)20(2,18)19/h3-5,10,12,15H,6-9H2,1-2H3. The Morgan fingerprint density at radius 2 is 1.95 bits per heavy atom. The van der Waals surface area contributed by atoms with Crippen molar-refractivity contribution >= 4 is 21.4 Å². The van der Waals surface area contributed by atoms with Crippen LogP contribution in [0.3, 0.4) is 0 Å². The zero-order chi connectivity index (χ0) is 14.8. The van der Waals surface area contributed by atoms with Gasteiger partial charge in [0, 0.05) is 38.0 Å². The molecule has 0 atom stereocenters. The average Bonchev–Trinajstić information content (AvgIpc) is 2.38. The van der Waals surface area contributed by atoms with Crippen LogP contribution in [0.2, 0.25) is 0 Å². The van der Waals surface area contributed by atoms with Gasteiger partial charge in [-0.2, -0.15) is 0 Å². The molecule has 0 aromatic heterocycles. The quantitative estimate of drug-likeness (QED) is 0.918. The second-order valence-corrected chi connectivity index (χ2v) is 7.24. The molecule has 0 aliphatic carbocycles. The molecule has 6 heteroatoms. The summed E-state index contributed by atoms with van der Waals surface area (Å²) in [6, 6.07) is 7.14. The van der Waals surface area contributed by atoms with Gasteiger partial charge in [-0.15, -0.1) is 0 Å². The molecule has 1 aromatic carbocycles. The fourth-order valence-electron chi connectivity index (χ4n) is 2.39. The van der Waals surface area contributed by atoms with Crippen LogP contribution in [0.25, 0.3) is 0 Å². The number of amides is 1. The molecule has 110 valence electrons. The maximum Gasteiger partial charge on any atom is 0.219 e. The van der Waals surface area contributed by atoms with Crippen molar-refractivity contribution in [3.8, 4) is 0 Å². The first kappa shape index (κ1) is 14.8. The third-order valence-corrected chi connectivity index (χ3v) is 4.68. The smallest absolute Gasteiger partial charge is 0.219 e. The molecule has 1 aromatic rings. The van der Waals surface area contributed by atoms with Gasteiger partial charge in [0.25, 0.3) is 0 Å². The normalized spacial score (nSPS) is 17.0. The molecular formula is C14H20N2O3S. The SMILES string of the molecule is CC(=O)N1CCC(Nc2cccc(S(C)(=O)=O)c2)CC1. The first-order valence-electron chi connectivity index (χ1n) is 6.68. The zero-order valence-electron chi connectivity index (χ0n) is 11.8. The molecule has 0 bridgehead atoms. The highest BCUT2D eigenvalue weighted by molar-refractivity contribution is 7.90. The molecule has 0 radical (unpaired) electrons. The van der Waals surface area contributed by atoms with E-state index in [1.165, 1.54) is 6.26 Å². The summed E-state index contributed by atoms with van der Waals surface area (Å²) < 4.78 is 23.0. The van der Waals surface area contributed by atoms with E-state index in [2.05, 4.69) is 5.32 Å². The molecule has 1 N–H and O–H groups in total. The van der Waals surface area contributed by atoms with Crippen molar-refractivity contribution in [3.05, 3.63) is 24.3 Å². The highest BCUT2D eigenvalue weighted by Gasteiger charge is 2.20. The number of piperidine rings is 1. The number of hydrogen-bond donors (Lipinski definition) is 1. The van der Waals surface area contributed by atoms with E-state index < -0.39 is 9.84 Å². The minimum atomic E-state index is -3.18. The Kier molecular flexibility index (Phi) is 4.32. The van der Waals surface area contributed by atoms with Gasteiger partial charge in [0.05, 0.1) is 4.90 Å². The van der Waals surface area contributed by atoms with Gasteiger partial charge in [-0.1, -0.05) is 6.07 Å². The topological polar surface area (TPSA) is 66.5 Å². The molecule has 1 amide bonds. The van der Waals surface area contributed by atoms with E-state index in [0.29, 0.717) is 4.90 Å². The number of nitrogens with one attached hydrogen (secondary N) is 1.